The van der Waals surface area contributed by atoms with E-state index in [2.05, 4.69) is 10.1 Å². The lowest BCUT2D eigenvalue weighted by Crippen LogP contribution is -2.26. The summed E-state index contributed by atoms with van der Waals surface area (Å²) in [7, 11) is 0. The van der Waals surface area contributed by atoms with Crippen LogP contribution in [0, 0.1) is 4.77 Å². The molecule has 1 aromatic carbocycles. The van der Waals surface area contributed by atoms with Crippen LogP contribution in [0.25, 0.3) is 0 Å². The Morgan fingerprint density at radius 3 is 2.66 bits per heavy atom. The Balaban J connectivity index is 2.07. The minimum Gasteiger partial charge on any atom is -0.494 e. The first-order chi connectivity index (χ1) is 13.9. The van der Waals surface area contributed by atoms with E-state index in [0.717, 1.165) is 18.4 Å². The van der Waals surface area contributed by atoms with Crippen LogP contribution < -0.4 is 5.56 Å². The zero-order chi connectivity index (χ0) is 21.1. The molecule has 2 N–H and O–H groups in total. The van der Waals surface area contributed by atoms with Crippen molar-refractivity contribution in [2.75, 3.05) is 0 Å². The van der Waals surface area contributed by atoms with E-state index < -0.39 is 5.56 Å². The van der Waals surface area contributed by atoms with Gasteiger partial charge < -0.3 is 5.11 Å². The van der Waals surface area contributed by atoms with Gasteiger partial charge in [0, 0.05) is 24.4 Å². The summed E-state index contributed by atoms with van der Waals surface area (Å²) in [6, 6.07) is 6.79. The number of nitrogens with one attached hydrogen (secondary N) is 1. The number of aromatic nitrogens is 2. The van der Waals surface area contributed by atoms with E-state index in [1.807, 2.05) is 19.1 Å². The molecular formula is C20H23ClN4O3S. The van der Waals surface area contributed by atoms with Crippen LogP contribution in [0.4, 0.5) is 0 Å². The summed E-state index contributed by atoms with van der Waals surface area (Å²) in [6.07, 6.45) is 2.28. The third-order valence-corrected chi connectivity index (χ3v) is 5.49. The lowest BCUT2D eigenvalue weighted by Gasteiger charge is -2.21. The maximum atomic E-state index is 12.6. The Morgan fingerprint density at radius 1 is 1.34 bits per heavy atom. The van der Waals surface area contributed by atoms with Crippen LogP contribution in [0.15, 0.2) is 34.2 Å². The van der Waals surface area contributed by atoms with Crippen molar-refractivity contribution < 1.29 is 9.90 Å². The monoisotopic (exact) mass is 434 g/mol. The number of carbonyl (C=O) groups is 1. The second-order valence-electron chi connectivity index (χ2n) is 6.87. The highest BCUT2D eigenvalue weighted by atomic mass is 35.5. The molecule has 1 aromatic heterocycles. The smallest absolute Gasteiger partial charge is 0.264 e. The Morgan fingerprint density at radius 2 is 2.03 bits per heavy atom. The lowest BCUT2D eigenvalue weighted by molar-refractivity contribution is -0.132. The molecule has 3 rings (SSSR count). The molecule has 0 unspecified atom stereocenters. The van der Waals surface area contributed by atoms with E-state index in [-0.39, 0.29) is 34.6 Å². The molecule has 1 amide bonds. The van der Waals surface area contributed by atoms with Crippen LogP contribution in [0.1, 0.15) is 56.7 Å². The van der Waals surface area contributed by atoms with Gasteiger partial charge in [-0.25, -0.2) is 5.01 Å². The van der Waals surface area contributed by atoms with Gasteiger partial charge in [0.2, 0.25) is 11.8 Å². The van der Waals surface area contributed by atoms with Crippen molar-refractivity contribution in [1.29, 1.82) is 0 Å². The zero-order valence-electron chi connectivity index (χ0n) is 16.3. The average Bonchev–Trinajstić information content (AvgIpc) is 3.12. The number of rotatable bonds is 6. The molecule has 0 radical (unpaired) electrons. The summed E-state index contributed by atoms with van der Waals surface area (Å²) in [5, 5.41) is 17.2. The normalized spacial score (nSPS) is 16.2. The number of unbranched alkanes of at least 4 members (excludes halogenated alkanes) is 1. The van der Waals surface area contributed by atoms with Gasteiger partial charge >= 0.3 is 0 Å². The van der Waals surface area contributed by atoms with Crippen LogP contribution in [0.2, 0.25) is 5.02 Å². The van der Waals surface area contributed by atoms with E-state index in [0.29, 0.717) is 23.7 Å². The first kappa shape index (κ1) is 21.3. The summed E-state index contributed by atoms with van der Waals surface area (Å²) in [4.78, 5) is 27.7. The Bertz CT molecular complexity index is 1060. The first-order valence-corrected chi connectivity index (χ1v) is 10.4. The fraction of sp³-hybridized carbons (Fsp3) is 0.400. The minimum absolute atomic E-state index is 0.0556. The van der Waals surface area contributed by atoms with Gasteiger partial charge in [-0.1, -0.05) is 44.0 Å². The molecule has 7 nitrogen and oxygen atoms in total. The molecular weight excluding hydrogens is 412 g/mol. The standard InChI is InChI=1S/C20H23ClN4O3S/c1-3-5-10-24-19(28)17(18(27)22-20(24)29)14-11-15(25(23-14)16(26)4-2)12-6-8-13(21)9-7-12/h6-9,15,28H,3-5,10-11H2,1-2H3,(H,22,27,29)/t15-/m0/s1. The highest BCUT2D eigenvalue weighted by Gasteiger charge is 2.34. The topological polar surface area (TPSA) is 90.7 Å². The fourth-order valence-electron chi connectivity index (χ4n) is 3.34. The molecule has 0 aliphatic carbocycles. The molecule has 0 fully saturated rings. The molecule has 2 aromatic rings. The van der Waals surface area contributed by atoms with Crippen molar-refractivity contribution in [2.24, 2.45) is 5.10 Å². The second kappa shape index (κ2) is 8.92. The van der Waals surface area contributed by atoms with Crippen molar-refractivity contribution >= 4 is 35.4 Å². The SMILES string of the molecule is CCCCn1c(O)c(C2=NN(C(=O)CC)[C@H](c3ccc(Cl)cc3)C2)c(=O)[nH]c1=S. The van der Waals surface area contributed by atoms with Gasteiger partial charge in [0.25, 0.3) is 5.56 Å². The third-order valence-electron chi connectivity index (χ3n) is 4.92. The second-order valence-corrected chi connectivity index (χ2v) is 7.70. The number of hydrazone groups is 1. The summed E-state index contributed by atoms with van der Waals surface area (Å²) < 4.78 is 1.67. The van der Waals surface area contributed by atoms with E-state index in [1.54, 1.807) is 19.1 Å². The van der Waals surface area contributed by atoms with Gasteiger partial charge in [-0.05, 0) is 36.3 Å². The highest BCUT2D eigenvalue weighted by molar-refractivity contribution is 7.71. The number of amides is 1. The maximum absolute atomic E-state index is 12.6. The predicted octanol–water partition coefficient (Wildman–Crippen LogP) is 4.15. The number of halogens is 1. The van der Waals surface area contributed by atoms with Gasteiger partial charge in [-0.15, -0.1) is 0 Å². The molecule has 1 atom stereocenters. The maximum Gasteiger partial charge on any atom is 0.264 e. The van der Waals surface area contributed by atoms with E-state index in [9.17, 15) is 14.7 Å². The summed E-state index contributed by atoms with van der Waals surface area (Å²) in [5.41, 5.74) is 0.745. The number of aromatic hydroxyl groups is 1. The van der Waals surface area contributed by atoms with Gasteiger partial charge in [-0.2, -0.15) is 5.10 Å². The minimum atomic E-state index is -0.514. The van der Waals surface area contributed by atoms with Crippen LogP contribution in [-0.4, -0.2) is 31.3 Å². The molecule has 0 saturated carbocycles. The molecule has 2 heterocycles. The number of hydrogen-bond donors (Lipinski definition) is 2. The Labute approximate surface area is 178 Å². The largest absolute Gasteiger partial charge is 0.494 e. The van der Waals surface area contributed by atoms with E-state index >= 15 is 0 Å². The summed E-state index contributed by atoms with van der Waals surface area (Å²) in [6.45, 7) is 4.26. The number of H-pyrrole nitrogens is 1. The van der Waals surface area contributed by atoms with Crippen molar-refractivity contribution in [3.63, 3.8) is 0 Å². The quantitative estimate of drug-likeness (QED) is 0.668. The van der Waals surface area contributed by atoms with Crippen molar-refractivity contribution in [3.8, 4) is 5.88 Å². The number of benzene rings is 1. The molecule has 0 spiro atoms. The third kappa shape index (κ3) is 4.28. The molecule has 29 heavy (non-hydrogen) atoms. The predicted molar refractivity (Wildman–Crippen MR) is 115 cm³/mol. The average molecular weight is 435 g/mol. The van der Waals surface area contributed by atoms with E-state index in [4.69, 9.17) is 23.8 Å². The number of nitrogens with zero attached hydrogens (tertiary/aromatic N) is 3. The van der Waals surface area contributed by atoms with Crippen LogP contribution in [0.5, 0.6) is 5.88 Å². The van der Waals surface area contributed by atoms with Crippen LogP contribution in [-0.2, 0) is 11.3 Å². The van der Waals surface area contributed by atoms with Gasteiger partial charge in [0.1, 0.15) is 5.56 Å². The number of hydrogen-bond acceptors (Lipinski definition) is 5. The molecule has 1 aliphatic heterocycles. The molecule has 154 valence electrons. The molecule has 1 aliphatic rings. The summed E-state index contributed by atoms with van der Waals surface area (Å²) >= 11 is 11.2. The zero-order valence-corrected chi connectivity index (χ0v) is 17.9. The van der Waals surface area contributed by atoms with Crippen LogP contribution in [0.3, 0.4) is 0 Å². The van der Waals surface area contributed by atoms with Gasteiger partial charge in [-0.3, -0.25) is 19.1 Å². The lowest BCUT2D eigenvalue weighted by atomic mass is 9.99. The number of carbonyl (C=O) groups excluding carboxylic acids is 1. The molecule has 0 saturated heterocycles. The molecule has 9 heteroatoms. The van der Waals surface area contributed by atoms with Crippen molar-refractivity contribution in [1.82, 2.24) is 14.6 Å². The van der Waals surface area contributed by atoms with Gasteiger partial charge in [0.05, 0.1) is 11.8 Å². The van der Waals surface area contributed by atoms with Crippen LogP contribution >= 0.6 is 23.8 Å². The Hall–Kier alpha value is -2.45. The van der Waals surface area contributed by atoms with Crippen molar-refractivity contribution in [3.05, 3.63) is 55.5 Å². The molecule has 0 bridgehead atoms. The fourth-order valence-corrected chi connectivity index (χ4v) is 3.74. The Kier molecular flexibility index (Phi) is 6.54. The van der Waals surface area contributed by atoms with E-state index in [1.165, 1.54) is 9.58 Å². The first-order valence-electron chi connectivity index (χ1n) is 9.58. The highest BCUT2D eigenvalue weighted by Crippen LogP contribution is 2.34. The summed E-state index contributed by atoms with van der Waals surface area (Å²) in [5.74, 6) is -0.388. The van der Waals surface area contributed by atoms with Crippen molar-refractivity contribution in [2.45, 2.75) is 52.1 Å². The number of aromatic amines is 1. The van der Waals surface area contributed by atoms with Gasteiger partial charge in [0.15, 0.2) is 4.77 Å².